The third-order valence-electron chi connectivity index (χ3n) is 5.97. The van der Waals surface area contributed by atoms with Crippen LogP contribution in [0.25, 0.3) is 0 Å². The van der Waals surface area contributed by atoms with Gasteiger partial charge in [0.2, 0.25) is 11.9 Å². The summed E-state index contributed by atoms with van der Waals surface area (Å²) in [4.78, 5) is 15.2. The summed E-state index contributed by atoms with van der Waals surface area (Å²) in [6, 6.07) is 18.0. The zero-order valence-electron chi connectivity index (χ0n) is 18.8. The van der Waals surface area contributed by atoms with Crippen LogP contribution in [0.5, 0.6) is 5.75 Å². The number of ether oxygens (including phenoxy) is 1. The fraction of sp³-hybridized carbons (Fsp3) is 0.400. The van der Waals surface area contributed by atoms with Crippen LogP contribution in [0, 0.1) is 0 Å². The van der Waals surface area contributed by atoms with Crippen LogP contribution in [0.3, 0.4) is 0 Å². The van der Waals surface area contributed by atoms with E-state index in [2.05, 4.69) is 25.0 Å². The molecule has 33 heavy (non-hydrogen) atoms. The van der Waals surface area contributed by atoms with Gasteiger partial charge in [-0.3, -0.25) is 9.36 Å². The maximum Gasteiger partial charge on any atom is 0.237 e. The Balaban J connectivity index is 1.17. The fourth-order valence-electron chi connectivity index (χ4n) is 3.97. The van der Waals surface area contributed by atoms with Crippen molar-refractivity contribution in [1.82, 2.24) is 14.8 Å². The van der Waals surface area contributed by atoms with Gasteiger partial charge in [0, 0.05) is 24.8 Å². The van der Waals surface area contributed by atoms with Gasteiger partial charge >= 0.3 is 0 Å². The van der Waals surface area contributed by atoms with E-state index in [9.17, 15) is 4.79 Å². The summed E-state index contributed by atoms with van der Waals surface area (Å²) in [5, 5.41) is 12.5. The normalized spacial score (nSPS) is 16.6. The highest BCUT2D eigenvalue weighted by atomic mass is 32.2. The largest absolute Gasteiger partial charge is 0.489 e. The van der Waals surface area contributed by atoms with Gasteiger partial charge in [-0.15, -0.1) is 10.2 Å². The zero-order valence-corrected chi connectivity index (χ0v) is 19.6. The number of nitrogens with zero attached hydrogens (tertiary/aromatic N) is 4. The van der Waals surface area contributed by atoms with Crippen LogP contribution in [0.15, 0.2) is 59.8 Å². The molecule has 0 spiro atoms. The lowest BCUT2D eigenvalue weighted by molar-refractivity contribution is -0.115. The van der Waals surface area contributed by atoms with Crippen molar-refractivity contribution in [1.29, 1.82) is 0 Å². The van der Waals surface area contributed by atoms with E-state index in [1.54, 1.807) is 0 Å². The van der Waals surface area contributed by atoms with Crippen LogP contribution in [0.2, 0.25) is 0 Å². The minimum absolute atomic E-state index is 0.0500. The lowest BCUT2D eigenvalue weighted by atomic mass is 10.2. The molecule has 2 aromatic carbocycles. The van der Waals surface area contributed by atoms with Crippen LogP contribution >= 0.6 is 11.8 Å². The molecular formula is C25H29N5O2S. The number of aromatic nitrogens is 3. The van der Waals surface area contributed by atoms with E-state index in [-0.39, 0.29) is 11.2 Å². The number of carbonyl (C=O) groups is 1. The first-order valence-electron chi connectivity index (χ1n) is 11.6. The van der Waals surface area contributed by atoms with Crippen molar-refractivity contribution in [2.75, 3.05) is 23.3 Å². The van der Waals surface area contributed by atoms with Crippen molar-refractivity contribution in [2.45, 2.75) is 55.7 Å². The summed E-state index contributed by atoms with van der Waals surface area (Å²) >= 11 is 1.48. The Morgan fingerprint density at radius 1 is 1.09 bits per heavy atom. The average molecular weight is 464 g/mol. The Hall–Kier alpha value is -3.00. The number of thioether (sulfide) groups is 1. The minimum atomic E-state index is -0.285. The SMILES string of the molecule is CC(Sc1nnc(N2CCCC2)n1C1CC1)C(=O)Nc1ccc(OCc2ccccc2)cc1. The molecule has 5 rings (SSSR count). The molecule has 7 nitrogen and oxygen atoms in total. The predicted octanol–water partition coefficient (Wildman–Crippen LogP) is 4.91. The predicted molar refractivity (Wildman–Crippen MR) is 131 cm³/mol. The topological polar surface area (TPSA) is 72.3 Å². The highest BCUT2D eigenvalue weighted by Gasteiger charge is 2.33. The van der Waals surface area contributed by atoms with Gasteiger partial charge in [-0.1, -0.05) is 42.1 Å². The van der Waals surface area contributed by atoms with Crippen LogP contribution in [0.4, 0.5) is 11.6 Å². The summed E-state index contributed by atoms with van der Waals surface area (Å²) in [7, 11) is 0. The van der Waals surface area contributed by atoms with Gasteiger partial charge in [-0.2, -0.15) is 0 Å². The van der Waals surface area contributed by atoms with Gasteiger partial charge < -0.3 is 15.0 Å². The van der Waals surface area contributed by atoms with Crippen molar-refractivity contribution in [3.8, 4) is 5.75 Å². The smallest absolute Gasteiger partial charge is 0.237 e. The monoisotopic (exact) mass is 463 g/mol. The molecule has 2 heterocycles. The summed E-state index contributed by atoms with van der Waals surface area (Å²) < 4.78 is 8.07. The van der Waals surface area contributed by atoms with Crippen LogP contribution in [0.1, 0.15) is 44.2 Å². The van der Waals surface area contributed by atoms with Gasteiger partial charge in [-0.25, -0.2) is 0 Å². The van der Waals surface area contributed by atoms with Crippen molar-refractivity contribution in [2.24, 2.45) is 0 Å². The lowest BCUT2D eigenvalue weighted by Gasteiger charge is -2.18. The maximum atomic E-state index is 12.8. The molecule has 0 radical (unpaired) electrons. The molecule has 1 aliphatic carbocycles. The molecule has 1 aliphatic heterocycles. The summed E-state index contributed by atoms with van der Waals surface area (Å²) in [6.45, 7) is 4.51. The van der Waals surface area contributed by atoms with Gasteiger partial charge in [0.05, 0.1) is 5.25 Å². The molecule has 8 heteroatoms. The second-order valence-electron chi connectivity index (χ2n) is 8.63. The average Bonchev–Trinajstić information content (AvgIpc) is 3.36. The zero-order chi connectivity index (χ0) is 22.6. The van der Waals surface area contributed by atoms with Gasteiger partial charge in [0.25, 0.3) is 0 Å². The van der Waals surface area contributed by atoms with Crippen molar-refractivity contribution < 1.29 is 9.53 Å². The summed E-state index contributed by atoms with van der Waals surface area (Å²) in [5.41, 5.74) is 1.87. The van der Waals surface area contributed by atoms with E-state index in [1.165, 1.54) is 24.6 Å². The van der Waals surface area contributed by atoms with Crippen LogP contribution in [-0.2, 0) is 11.4 Å². The van der Waals surface area contributed by atoms with E-state index in [0.29, 0.717) is 12.6 Å². The molecule has 1 saturated heterocycles. The number of hydrogen-bond acceptors (Lipinski definition) is 6. The third-order valence-corrected chi connectivity index (χ3v) is 7.03. The number of carbonyl (C=O) groups excluding carboxylic acids is 1. The van der Waals surface area contributed by atoms with E-state index in [1.807, 2.05) is 61.5 Å². The van der Waals surface area contributed by atoms with Gasteiger partial charge in [0.1, 0.15) is 12.4 Å². The second kappa shape index (κ2) is 9.87. The van der Waals surface area contributed by atoms with Crippen molar-refractivity contribution in [3.63, 3.8) is 0 Å². The Labute approximate surface area is 198 Å². The molecular weight excluding hydrogens is 434 g/mol. The molecule has 1 amide bonds. The second-order valence-corrected chi connectivity index (χ2v) is 9.93. The molecule has 2 fully saturated rings. The third kappa shape index (κ3) is 5.33. The first-order chi connectivity index (χ1) is 16.2. The Kier molecular flexibility index (Phi) is 6.53. The van der Waals surface area contributed by atoms with E-state index in [0.717, 1.165) is 54.0 Å². The minimum Gasteiger partial charge on any atom is -0.489 e. The number of amides is 1. The first-order valence-corrected chi connectivity index (χ1v) is 12.5. The highest BCUT2D eigenvalue weighted by molar-refractivity contribution is 8.00. The maximum absolute atomic E-state index is 12.8. The Morgan fingerprint density at radius 2 is 1.82 bits per heavy atom. The first kappa shape index (κ1) is 21.8. The number of benzene rings is 2. The quantitative estimate of drug-likeness (QED) is 0.455. The molecule has 1 N–H and O–H groups in total. The molecule has 3 aromatic rings. The Bertz CT molecular complexity index is 1080. The summed E-state index contributed by atoms with van der Waals surface area (Å²) in [5.74, 6) is 1.69. The van der Waals surface area contributed by atoms with E-state index in [4.69, 9.17) is 4.74 Å². The number of hydrogen-bond donors (Lipinski definition) is 1. The number of rotatable bonds is 9. The molecule has 172 valence electrons. The standard InChI is InChI=1S/C25H29N5O2S/c1-18(33-25-28-27-24(29-15-5-6-16-29)30(25)21-11-12-21)23(31)26-20-9-13-22(14-10-20)32-17-19-7-3-2-4-8-19/h2-4,7-10,13-14,18,21H,5-6,11-12,15-17H2,1H3,(H,26,31). The summed E-state index contributed by atoms with van der Waals surface area (Å²) in [6.07, 6.45) is 4.72. The van der Waals surface area contributed by atoms with Crippen LogP contribution in [-0.4, -0.2) is 39.0 Å². The van der Waals surface area contributed by atoms with Gasteiger partial charge in [-0.05, 0) is 62.4 Å². The van der Waals surface area contributed by atoms with Crippen molar-refractivity contribution in [3.05, 3.63) is 60.2 Å². The lowest BCUT2D eigenvalue weighted by Crippen LogP contribution is -2.24. The number of anilines is 2. The van der Waals surface area contributed by atoms with Crippen molar-refractivity contribution >= 4 is 29.3 Å². The van der Waals surface area contributed by atoms with E-state index >= 15 is 0 Å². The molecule has 2 aliphatic rings. The van der Waals surface area contributed by atoms with Crippen LogP contribution < -0.4 is 15.0 Å². The highest BCUT2D eigenvalue weighted by Crippen LogP contribution is 2.42. The van der Waals surface area contributed by atoms with Gasteiger partial charge in [0.15, 0.2) is 5.16 Å². The molecule has 1 atom stereocenters. The Morgan fingerprint density at radius 3 is 2.52 bits per heavy atom. The molecule has 1 aromatic heterocycles. The molecule has 1 unspecified atom stereocenters. The number of nitrogens with one attached hydrogen (secondary N) is 1. The fourth-order valence-corrected chi connectivity index (χ4v) is 4.88. The molecule has 0 bridgehead atoms. The van der Waals surface area contributed by atoms with E-state index < -0.39 is 0 Å². The molecule has 1 saturated carbocycles.